The van der Waals surface area contributed by atoms with Gasteiger partial charge in [0.05, 0.1) is 16.8 Å². The topological polar surface area (TPSA) is 23.6 Å². The fourth-order valence-corrected chi connectivity index (χ4v) is 3.48. The highest BCUT2D eigenvalue weighted by atomic mass is 35.5. The number of carbonyl (C=O) groups is 1. The van der Waals surface area contributed by atoms with Crippen molar-refractivity contribution in [2.75, 3.05) is 11.4 Å². The number of amides is 2. The molecule has 3 rings (SSSR count). The van der Waals surface area contributed by atoms with Crippen molar-refractivity contribution in [3.63, 3.8) is 0 Å². The normalized spacial score (nSPS) is 17.7. The van der Waals surface area contributed by atoms with Crippen LogP contribution in [-0.2, 0) is 6.54 Å². The number of hydrogen-bond acceptors (Lipinski definition) is 1. The number of carbonyl (C=O) groups excluding carboxylic acids is 1. The van der Waals surface area contributed by atoms with Crippen LogP contribution in [0.4, 0.5) is 14.9 Å². The van der Waals surface area contributed by atoms with E-state index in [-0.39, 0.29) is 23.8 Å². The fourth-order valence-electron chi connectivity index (χ4n) is 3.10. The van der Waals surface area contributed by atoms with Crippen LogP contribution in [0.15, 0.2) is 42.5 Å². The van der Waals surface area contributed by atoms with Crippen molar-refractivity contribution >= 4 is 34.9 Å². The largest absolute Gasteiger partial charge is 0.325 e. The molecule has 2 aromatic carbocycles. The molecule has 3 nitrogen and oxygen atoms in total. The van der Waals surface area contributed by atoms with Crippen LogP contribution in [0.2, 0.25) is 10.0 Å². The summed E-state index contributed by atoms with van der Waals surface area (Å²) >= 11 is 12.4. The minimum Gasteiger partial charge on any atom is -0.315 e. The Kier molecular flexibility index (Phi) is 5.21. The first-order valence-electron chi connectivity index (χ1n) is 8.14. The zero-order valence-electron chi connectivity index (χ0n) is 14.0. The predicted octanol–water partition coefficient (Wildman–Crippen LogP) is 5.60. The number of urea groups is 1. The van der Waals surface area contributed by atoms with Crippen molar-refractivity contribution in [2.45, 2.75) is 26.4 Å². The summed E-state index contributed by atoms with van der Waals surface area (Å²) in [6.45, 7) is 5.13. The molecule has 0 N–H and O–H groups in total. The highest BCUT2D eigenvalue weighted by Gasteiger charge is 2.40. The van der Waals surface area contributed by atoms with Gasteiger partial charge in [0.15, 0.2) is 0 Å². The summed E-state index contributed by atoms with van der Waals surface area (Å²) in [6.07, 6.45) is 0. The van der Waals surface area contributed by atoms with E-state index in [1.807, 2.05) is 4.90 Å². The van der Waals surface area contributed by atoms with Crippen LogP contribution in [0.3, 0.4) is 0 Å². The van der Waals surface area contributed by atoms with Crippen molar-refractivity contribution in [2.24, 2.45) is 5.92 Å². The number of benzene rings is 2. The molecule has 0 spiro atoms. The van der Waals surface area contributed by atoms with Crippen LogP contribution in [0.25, 0.3) is 0 Å². The molecule has 1 unspecified atom stereocenters. The van der Waals surface area contributed by atoms with Gasteiger partial charge in [-0.2, -0.15) is 0 Å². The van der Waals surface area contributed by atoms with Crippen LogP contribution >= 0.6 is 23.2 Å². The molecule has 132 valence electrons. The summed E-state index contributed by atoms with van der Waals surface area (Å²) in [5.74, 6) is -0.0170. The van der Waals surface area contributed by atoms with Crippen LogP contribution in [-0.4, -0.2) is 23.5 Å². The maximum atomic E-state index is 13.1. The average molecular weight is 381 g/mol. The molecule has 1 heterocycles. The van der Waals surface area contributed by atoms with Gasteiger partial charge in [0.25, 0.3) is 0 Å². The van der Waals surface area contributed by atoms with Gasteiger partial charge in [-0.1, -0.05) is 49.2 Å². The molecule has 0 saturated carbocycles. The van der Waals surface area contributed by atoms with Crippen molar-refractivity contribution < 1.29 is 9.18 Å². The molecule has 0 aromatic heterocycles. The number of nitrogens with zero attached hydrogens (tertiary/aromatic N) is 2. The zero-order valence-corrected chi connectivity index (χ0v) is 15.6. The van der Waals surface area contributed by atoms with Gasteiger partial charge in [-0.15, -0.1) is 0 Å². The lowest BCUT2D eigenvalue weighted by molar-refractivity contribution is 0.187. The van der Waals surface area contributed by atoms with Crippen LogP contribution in [0.5, 0.6) is 0 Å². The van der Waals surface area contributed by atoms with Crippen LogP contribution in [0.1, 0.15) is 19.4 Å². The molecular weight excluding hydrogens is 362 g/mol. The van der Waals surface area contributed by atoms with Crippen LogP contribution in [0, 0.1) is 11.7 Å². The Morgan fingerprint density at radius 1 is 1.16 bits per heavy atom. The van der Waals surface area contributed by atoms with Gasteiger partial charge in [-0.25, -0.2) is 9.18 Å². The molecule has 0 bridgehead atoms. The van der Waals surface area contributed by atoms with Gasteiger partial charge >= 0.3 is 6.03 Å². The molecule has 0 aliphatic carbocycles. The first-order valence-corrected chi connectivity index (χ1v) is 8.90. The molecule has 1 aliphatic rings. The highest BCUT2D eigenvalue weighted by molar-refractivity contribution is 6.35. The van der Waals surface area contributed by atoms with E-state index in [2.05, 4.69) is 13.8 Å². The molecule has 6 heteroatoms. The van der Waals surface area contributed by atoms with Gasteiger partial charge in [0.2, 0.25) is 0 Å². The highest BCUT2D eigenvalue weighted by Crippen LogP contribution is 2.35. The first kappa shape index (κ1) is 18.0. The maximum Gasteiger partial charge on any atom is 0.325 e. The van der Waals surface area contributed by atoms with Gasteiger partial charge in [0, 0.05) is 18.1 Å². The van der Waals surface area contributed by atoms with Crippen molar-refractivity contribution in [3.8, 4) is 0 Å². The third kappa shape index (κ3) is 3.75. The second-order valence-corrected chi connectivity index (χ2v) is 7.40. The Labute approximate surface area is 156 Å². The minimum atomic E-state index is -0.288. The SMILES string of the molecule is CC(C)C1CN(c2cc(Cl)ccc2Cl)C(=O)N1Cc1ccc(F)cc1. The molecule has 25 heavy (non-hydrogen) atoms. The summed E-state index contributed by atoms with van der Waals surface area (Å²) in [7, 11) is 0. The molecule has 1 fully saturated rings. The molecule has 1 saturated heterocycles. The smallest absolute Gasteiger partial charge is 0.315 e. The van der Waals surface area contributed by atoms with E-state index in [1.54, 1.807) is 35.2 Å². The van der Waals surface area contributed by atoms with Gasteiger partial charge in [-0.05, 0) is 41.8 Å². The minimum absolute atomic E-state index is 0.0348. The molecule has 2 amide bonds. The second-order valence-electron chi connectivity index (χ2n) is 6.55. The molecule has 1 aliphatic heterocycles. The quantitative estimate of drug-likeness (QED) is 0.676. The predicted molar refractivity (Wildman–Crippen MR) is 99.8 cm³/mol. The molecule has 2 aromatic rings. The summed E-state index contributed by atoms with van der Waals surface area (Å²) < 4.78 is 13.1. The molecular formula is C19H19Cl2FN2O. The van der Waals surface area contributed by atoms with Crippen LogP contribution < -0.4 is 4.90 Å². The van der Waals surface area contributed by atoms with E-state index < -0.39 is 0 Å². The Bertz CT molecular complexity index is 779. The van der Waals surface area contributed by atoms with E-state index in [4.69, 9.17) is 23.2 Å². The summed E-state index contributed by atoms with van der Waals surface area (Å²) in [5, 5.41) is 1.02. The van der Waals surface area contributed by atoms with Gasteiger partial charge < -0.3 is 4.90 Å². The van der Waals surface area contributed by atoms with E-state index in [0.29, 0.717) is 28.8 Å². The van der Waals surface area contributed by atoms with Gasteiger partial charge in [0.1, 0.15) is 5.82 Å². The van der Waals surface area contributed by atoms with Crippen molar-refractivity contribution in [3.05, 3.63) is 63.9 Å². The first-order chi connectivity index (χ1) is 11.9. The third-order valence-electron chi connectivity index (χ3n) is 4.48. The number of hydrogen-bond donors (Lipinski definition) is 0. The van der Waals surface area contributed by atoms with E-state index in [0.717, 1.165) is 5.56 Å². The molecule has 0 radical (unpaired) electrons. The number of halogens is 3. The zero-order chi connectivity index (χ0) is 18.1. The average Bonchev–Trinajstić information content (AvgIpc) is 2.89. The lowest BCUT2D eigenvalue weighted by Crippen LogP contribution is -2.37. The lowest BCUT2D eigenvalue weighted by atomic mass is 10.0. The number of rotatable bonds is 4. The third-order valence-corrected chi connectivity index (χ3v) is 5.04. The lowest BCUT2D eigenvalue weighted by Gasteiger charge is -2.26. The van der Waals surface area contributed by atoms with Crippen molar-refractivity contribution in [1.29, 1.82) is 0 Å². The monoisotopic (exact) mass is 380 g/mol. The van der Waals surface area contributed by atoms with Gasteiger partial charge in [-0.3, -0.25) is 4.90 Å². The second kappa shape index (κ2) is 7.22. The van der Waals surface area contributed by atoms with E-state index >= 15 is 0 Å². The number of anilines is 1. The Morgan fingerprint density at radius 3 is 2.48 bits per heavy atom. The van der Waals surface area contributed by atoms with E-state index in [1.165, 1.54) is 12.1 Å². The summed E-state index contributed by atoms with van der Waals surface area (Å²) in [5.41, 5.74) is 1.51. The summed E-state index contributed by atoms with van der Waals surface area (Å²) in [4.78, 5) is 16.5. The Balaban J connectivity index is 1.90. The van der Waals surface area contributed by atoms with E-state index in [9.17, 15) is 9.18 Å². The maximum absolute atomic E-state index is 13.1. The fraction of sp³-hybridized carbons (Fsp3) is 0.316. The van der Waals surface area contributed by atoms with Crippen molar-refractivity contribution in [1.82, 2.24) is 4.90 Å². The Morgan fingerprint density at radius 2 is 1.84 bits per heavy atom. The summed E-state index contributed by atoms with van der Waals surface area (Å²) in [6, 6.07) is 11.2. The molecule has 1 atom stereocenters. The Hall–Kier alpha value is -1.78. The standard InChI is InChI=1S/C19H19Cl2FN2O/c1-12(2)18-11-24(17-9-14(20)5-8-16(17)21)19(25)23(18)10-13-3-6-15(22)7-4-13/h3-9,12,18H,10-11H2,1-2H3.